The molecule has 2 aliphatic heterocycles. The van der Waals surface area contributed by atoms with Crippen molar-refractivity contribution in [3.05, 3.63) is 99.0 Å². The van der Waals surface area contributed by atoms with Gasteiger partial charge < -0.3 is 4.74 Å². The van der Waals surface area contributed by atoms with Crippen molar-refractivity contribution in [3.8, 4) is 5.75 Å². The molecule has 7 nitrogen and oxygen atoms in total. The molecule has 3 aromatic carbocycles. The van der Waals surface area contributed by atoms with E-state index in [0.717, 1.165) is 20.6 Å². The van der Waals surface area contributed by atoms with Crippen molar-refractivity contribution in [2.45, 2.75) is 6.17 Å². The van der Waals surface area contributed by atoms with Crippen molar-refractivity contribution in [2.24, 2.45) is 10.1 Å². The normalized spacial score (nSPS) is 16.7. The molecule has 1 N–H and O–H groups in total. The Kier molecular flexibility index (Phi) is 5.74. The van der Waals surface area contributed by atoms with Crippen LogP contribution in [0.2, 0.25) is 0 Å². The van der Waals surface area contributed by atoms with E-state index in [-0.39, 0.29) is 5.91 Å². The molecule has 1 atom stereocenters. The van der Waals surface area contributed by atoms with Crippen LogP contribution in [0.3, 0.4) is 0 Å². The van der Waals surface area contributed by atoms with Crippen LogP contribution in [0.4, 0.5) is 0 Å². The molecule has 3 aromatic rings. The number of nitrogens with zero attached hydrogens (tertiary/aromatic N) is 3. The third-order valence-electron chi connectivity index (χ3n) is 5.18. The SMILES string of the molecule is CSC1=NN2C(=c3ccccc3=N[C@@H]2c2ccc(OC(=O)c3ccc(Br)cc3)cc2)C(=O)N1. The Morgan fingerprint density at radius 3 is 2.52 bits per heavy atom. The maximum atomic E-state index is 12.9. The van der Waals surface area contributed by atoms with Crippen LogP contribution in [0.15, 0.2) is 87.4 Å². The molecule has 9 heteroatoms. The Morgan fingerprint density at radius 2 is 1.79 bits per heavy atom. The predicted octanol–water partition coefficient (Wildman–Crippen LogP) is 3.17. The average molecular weight is 521 g/mol. The number of esters is 1. The van der Waals surface area contributed by atoms with Crippen LogP contribution < -0.4 is 20.6 Å². The number of fused-ring (bicyclic) bond motifs is 2. The summed E-state index contributed by atoms with van der Waals surface area (Å²) in [6.07, 6.45) is 1.32. The third kappa shape index (κ3) is 4.17. The molecule has 33 heavy (non-hydrogen) atoms. The first kappa shape index (κ1) is 21.4. The van der Waals surface area contributed by atoms with E-state index >= 15 is 0 Å². The van der Waals surface area contributed by atoms with Gasteiger partial charge in [0.05, 0.1) is 10.9 Å². The second-order valence-electron chi connectivity index (χ2n) is 7.24. The lowest BCUT2D eigenvalue weighted by molar-refractivity contribution is -0.116. The molecule has 5 rings (SSSR count). The summed E-state index contributed by atoms with van der Waals surface area (Å²) in [6.45, 7) is 0. The number of carbonyl (C=O) groups is 2. The summed E-state index contributed by atoms with van der Waals surface area (Å²) >= 11 is 4.70. The largest absolute Gasteiger partial charge is 0.423 e. The number of para-hydroxylation sites is 1. The predicted molar refractivity (Wildman–Crippen MR) is 130 cm³/mol. The molecule has 0 saturated heterocycles. The molecule has 0 spiro atoms. The molecule has 2 heterocycles. The first-order valence-electron chi connectivity index (χ1n) is 10.0. The monoisotopic (exact) mass is 520 g/mol. The summed E-state index contributed by atoms with van der Waals surface area (Å²) in [5.41, 5.74) is 1.72. The number of amidine groups is 1. The zero-order chi connectivity index (χ0) is 22.9. The van der Waals surface area contributed by atoms with E-state index in [4.69, 9.17) is 9.73 Å². The summed E-state index contributed by atoms with van der Waals surface area (Å²) in [7, 11) is 0. The fourth-order valence-electron chi connectivity index (χ4n) is 3.60. The maximum absolute atomic E-state index is 12.9. The zero-order valence-corrected chi connectivity index (χ0v) is 19.8. The van der Waals surface area contributed by atoms with Crippen LogP contribution in [0.1, 0.15) is 22.1 Å². The number of thioether (sulfide) groups is 1. The molecular weight excluding hydrogens is 504 g/mol. The molecule has 164 valence electrons. The standard InChI is InChI=1S/C24H17BrN4O3S/c1-33-24-27-22(30)20-18-4-2-3-5-19(18)26-21(29(20)28-24)14-8-12-17(13-9-14)32-23(31)15-6-10-16(25)11-7-15/h2-13,21H,1H3,(H,27,28,30)/t21-/m0/s1. The van der Waals surface area contributed by atoms with Crippen molar-refractivity contribution in [3.63, 3.8) is 0 Å². The van der Waals surface area contributed by atoms with E-state index in [1.165, 1.54) is 11.8 Å². The van der Waals surface area contributed by atoms with Crippen molar-refractivity contribution in [1.82, 2.24) is 10.3 Å². The number of amides is 1. The third-order valence-corrected chi connectivity index (χ3v) is 6.28. The van der Waals surface area contributed by atoms with Crippen molar-refractivity contribution >= 4 is 50.4 Å². The highest BCUT2D eigenvalue weighted by atomic mass is 79.9. The van der Waals surface area contributed by atoms with E-state index < -0.39 is 12.1 Å². The smallest absolute Gasteiger partial charge is 0.343 e. The lowest BCUT2D eigenvalue weighted by Gasteiger charge is -2.33. The topological polar surface area (TPSA) is 83.4 Å². The molecule has 0 saturated carbocycles. The lowest BCUT2D eigenvalue weighted by atomic mass is 10.1. The van der Waals surface area contributed by atoms with Crippen LogP contribution in [0.5, 0.6) is 5.75 Å². The van der Waals surface area contributed by atoms with Gasteiger partial charge in [0.25, 0.3) is 5.91 Å². The van der Waals surface area contributed by atoms with E-state index in [9.17, 15) is 9.59 Å². The number of hydrogen-bond donors (Lipinski definition) is 1. The maximum Gasteiger partial charge on any atom is 0.343 e. The van der Waals surface area contributed by atoms with Gasteiger partial charge in [-0.2, -0.15) is 0 Å². The minimum absolute atomic E-state index is 0.221. The van der Waals surface area contributed by atoms with Crippen molar-refractivity contribution in [1.29, 1.82) is 0 Å². The van der Waals surface area contributed by atoms with Gasteiger partial charge in [0.1, 0.15) is 11.4 Å². The molecule has 0 aliphatic carbocycles. The first-order valence-corrected chi connectivity index (χ1v) is 12.0. The number of carbonyl (C=O) groups excluding carboxylic acids is 2. The van der Waals surface area contributed by atoms with Gasteiger partial charge >= 0.3 is 5.97 Å². The van der Waals surface area contributed by atoms with Gasteiger partial charge in [-0.25, -0.2) is 9.80 Å². The van der Waals surface area contributed by atoms with E-state index in [2.05, 4.69) is 26.3 Å². The van der Waals surface area contributed by atoms with Gasteiger partial charge in [-0.3, -0.25) is 15.1 Å². The lowest BCUT2D eigenvalue weighted by Crippen LogP contribution is -2.50. The molecule has 0 fully saturated rings. The number of hydrazone groups is 1. The number of benzene rings is 3. The van der Waals surface area contributed by atoms with Gasteiger partial charge in [-0.05, 0) is 54.3 Å². The van der Waals surface area contributed by atoms with Crippen molar-refractivity contribution in [2.75, 3.05) is 6.26 Å². The number of hydrogen-bond acceptors (Lipinski definition) is 7. The van der Waals surface area contributed by atoms with Gasteiger partial charge in [-0.1, -0.05) is 58.0 Å². The second kappa shape index (κ2) is 8.84. The van der Waals surface area contributed by atoms with Gasteiger partial charge in [0.15, 0.2) is 11.3 Å². The van der Waals surface area contributed by atoms with Gasteiger partial charge in [-0.15, -0.1) is 5.10 Å². The Hall–Kier alpha value is -3.43. The number of ether oxygens (including phenoxy) is 1. The van der Waals surface area contributed by atoms with Gasteiger partial charge in [0.2, 0.25) is 0 Å². The first-order chi connectivity index (χ1) is 16.0. The van der Waals surface area contributed by atoms with Crippen molar-refractivity contribution < 1.29 is 14.3 Å². The Labute approximate surface area is 202 Å². The van der Waals surface area contributed by atoms with Crippen LogP contribution in [0, 0.1) is 0 Å². The minimum Gasteiger partial charge on any atom is -0.423 e. The molecule has 1 amide bonds. The van der Waals surface area contributed by atoms with Gasteiger partial charge in [0, 0.05) is 9.69 Å². The van der Waals surface area contributed by atoms with E-state index in [1.54, 1.807) is 41.4 Å². The summed E-state index contributed by atoms with van der Waals surface area (Å²) in [5, 5.41) is 11.0. The fourth-order valence-corrected chi connectivity index (χ4v) is 4.23. The van der Waals surface area contributed by atoms with Crippen LogP contribution in [0.25, 0.3) is 5.70 Å². The van der Waals surface area contributed by atoms with Crippen LogP contribution in [-0.2, 0) is 4.79 Å². The minimum atomic E-state index is -0.528. The highest BCUT2D eigenvalue weighted by Crippen LogP contribution is 2.31. The van der Waals surface area contributed by atoms with E-state index in [0.29, 0.717) is 22.2 Å². The summed E-state index contributed by atoms with van der Waals surface area (Å²) < 4.78 is 6.38. The molecule has 0 aromatic heterocycles. The molecular formula is C24H17BrN4O3S. The number of rotatable bonds is 3. The quantitative estimate of drug-likeness (QED) is 0.423. The molecule has 0 bridgehead atoms. The summed E-state index contributed by atoms with van der Waals surface area (Å²) in [6, 6.07) is 21.5. The highest BCUT2D eigenvalue weighted by molar-refractivity contribution is 9.10. The van der Waals surface area contributed by atoms with Crippen LogP contribution in [-0.4, -0.2) is 28.3 Å². The summed E-state index contributed by atoms with van der Waals surface area (Å²) in [5.74, 6) is -0.248. The Bertz CT molecular complexity index is 1400. The Balaban J connectivity index is 1.47. The number of halogens is 1. The second-order valence-corrected chi connectivity index (χ2v) is 8.95. The van der Waals surface area contributed by atoms with Crippen LogP contribution >= 0.6 is 27.7 Å². The van der Waals surface area contributed by atoms with E-state index in [1.807, 2.05) is 42.7 Å². The Morgan fingerprint density at radius 1 is 1.06 bits per heavy atom. The average Bonchev–Trinajstić information content (AvgIpc) is 2.84. The molecule has 0 radical (unpaired) electrons. The highest BCUT2D eigenvalue weighted by Gasteiger charge is 2.34. The fraction of sp³-hybridized carbons (Fsp3) is 0.0833. The molecule has 0 unspecified atom stereocenters. The zero-order valence-electron chi connectivity index (χ0n) is 17.4. The number of nitrogens with one attached hydrogen (secondary N) is 1. The summed E-state index contributed by atoms with van der Waals surface area (Å²) in [4.78, 5) is 30.1. The molecule has 2 aliphatic rings.